The van der Waals surface area contributed by atoms with Crippen molar-refractivity contribution < 1.29 is 0 Å². The first kappa shape index (κ1) is 9.19. The second kappa shape index (κ2) is 4.21. The summed E-state index contributed by atoms with van der Waals surface area (Å²) in [5, 5.41) is 10.2. The molecule has 12 heavy (non-hydrogen) atoms. The molecule has 0 saturated heterocycles. The number of rotatable bonds is 4. The molecule has 0 aliphatic carbocycles. The highest BCUT2D eigenvalue weighted by Crippen LogP contribution is 1.90. The van der Waals surface area contributed by atoms with E-state index < -0.39 is 0 Å². The summed E-state index contributed by atoms with van der Waals surface area (Å²) in [5.41, 5.74) is 0. The van der Waals surface area contributed by atoms with Crippen LogP contribution in [0.25, 0.3) is 0 Å². The zero-order valence-electron chi connectivity index (χ0n) is 7.89. The second-order valence-electron chi connectivity index (χ2n) is 3.20. The minimum atomic E-state index is 0.532. The minimum Gasteiger partial charge on any atom is -0.314 e. The number of aryl methyl sites for hydroxylation is 1. The summed E-state index contributed by atoms with van der Waals surface area (Å²) in [7, 11) is 0. The monoisotopic (exact) mass is 168 g/mol. The first-order valence-electron chi connectivity index (χ1n) is 4.29. The maximum atomic E-state index is 4.20. The van der Waals surface area contributed by atoms with Gasteiger partial charge in [0.05, 0.1) is 0 Å². The number of H-pyrrole nitrogens is 1. The summed E-state index contributed by atoms with van der Waals surface area (Å²) in [6, 6.07) is 0.532. The predicted molar refractivity (Wildman–Crippen MR) is 48.0 cm³/mol. The van der Waals surface area contributed by atoms with Crippen molar-refractivity contribution in [1.29, 1.82) is 0 Å². The molecule has 0 atom stereocenters. The molecule has 0 bridgehead atoms. The van der Waals surface area contributed by atoms with Gasteiger partial charge < -0.3 is 5.32 Å². The molecule has 1 heterocycles. The van der Waals surface area contributed by atoms with Crippen molar-refractivity contribution >= 4 is 0 Å². The molecule has 1 rings (SSSR count). The lowest BCUT2D eigenvalue weighted by atomic mass is 10.3. The Morgan fingerprint density at radius 3 is 2.75 bits per heavy atom. The van der Waals surface area contributed by atoms with Gasteiger partial charge in [0, 0.05) is 19.0 Å². The fourth-order valence-corrected chi connectivity index (χ4v) is 0.973. The maximum absolute atomic E-state index is 4.20. The molecule has 2 N–H and O–H groups in total. The molecule has 4 heteroatoms. The van der Waals surface area contributed by atoms with Gasteiger partial charge in [-0.3, -0.25) is 5.10 Å². The van der Waals surface area contributed by atoms with Crippen LogP contribution < -0.4 is 5.32 Å². The highest BCUT2D eigenvalue weighted by Gasteiger charge is 1.99. The van der Waals surface area contributed by atoms with Gasteiger partial charge in [-0.25, -0.2) is 4.98 Å². The van der Waals surface area contributed by atoms with Crippen molar-refractivity contribution in [2.75, 3.05) is 6.54 Å². The molecule has 1 aromatic rings. The third-order valence-electron chi connectivity index (χ3n) is 1.54. The zero-order valence-corrected chi connectivity index (χ0v) is 7.89. The summed E-state index contributed by atoms with van der Waals surface area (Å²) in [6.07, 6.45) is 0.891. The van der Waals surface area contributed by atoms with Gasteiger partial charge in [0.2, 0.25) is 0 Å². The van der Waals surface area contributed by atoms with Crippen LogP contribution in [0.15, 0.2) is 0 Å². The highest BCUT2D eigenvalue weighted by atomic mass is 15.2. The average molecular weight is 168 g/mol. The van der Waals surface area contributed by atoms with Gasteiger partial charge in [-0.2, -0.15) is 5.10 Å². The smallest absolute Gasteiger partial charge is 0.151 e. The Morgan fingerprint density at radius 1 is 1.50 bits per heavy atom. The quantitative estimate of drug-likeness (QED) is 0.694. The topological polar surface area (TPSA) is 53.6 Å². The first-order valence-corrected chi connectivity index (χ1v) is 4.29. The summed E-state index contributed by atoms with van der Waals surface area (Å²) < 4.78 is 0. The Morgan fingerprint density at radius 2 is 2.25 bits per heavy atom. The van der Waals surface area contributed by atoms with E-state index in [1.807, 2.05) is 6.92 Å². The molecule has 0 aliphatic rings. The number of hydrogen-bond acceptors (Lipinski definition) is 3. The molecule has 0 radical (unpaired) electrons. The zero-order chi connectivity index (χ0) is 8.97. The molecular weight excluding hydrogens is 152 g/mol. The molecule has 68 valence electrons. The van der Waals surface area contributed by atoms with Crippen LogP contribution in [-0.2, 0) is 6.42 Å². The van der Waals surface area contributed by atoms with Crippen LogP contribution >= 0.6 is 0 Å². The number of aromatic nitrogens is 3. The van der Waals surface area contributed by atoms with Gasteiger partial charge in [0.15, 0.2) is 5.82 Å². The maximum Gasteiger partial charge on any atom is 0.151 e. The summed E-state index contributed by atoms with van der Waals surface area (Å²) >= 11 is 0. The third-order valence-corrected chi connectivity index (χ3v) is 1.54. The number of nitrogens with zero attached hydrogens (tertiary/aromatic N) is 2. The molecule has 0 unspecified atom stereocenters. The lowest BCUT2D eigenvalue weighted by molar-refractivity contribution is 0.583. The van der Waals surface area contributed by atoms with E-state index in [-0.39, 0.29) is 0 Å². The van der Waals surface area contributed by atoms with Crippen LogP contribution in [0.1, 0.15) is 25.5 Å². The Labute approximate surface area is 72.8 Å². The van der Waals surface area contributed by atoms with Gasteiger partial charge in [0.25, 0.3) is 0 Å². The summed E-state index contributed by atoms with van der Waals surface area (Å²) in [4.78, 5) is 4.20. The SMILES string of the molecule is Cc1nc(CCNC(C)C)n[nH]1. The molecular formula is C8H16N4. The van der Waals surface area contributed by atoms with Gasteiger partial charge >= 0.3 is 0 Å². The van der Waals surface area contributed by atoms with Crippen LogP contribution in [0.2, 0.25) is 0 Å². The fraction of sp³-hybridized carbons (Fsp3) is 0.750. The standard InChI is InChI=1S/C8H16N4/c1-6(2)9-5-4-8-10-7(3)11-12-8/h6,9H,4-5H2,1-3H3,(H,10,11,12). The lowest BCUT2D eigenvalue weighted by Gasteiger charge is -2.04. The fourth-order valence-electron chi connectivity index (χ4n) is 0.973. The average Bonchev–Trinajstić information content (AvgIpc) is 2.35. The van der Waals surface area contributed by atoms with Crippen LogP contribution in [0.4, 0.5) is 0 Å². The van der Waals surface area contributed by atoms with E-state index in [2.05, 4.69) is 34.3 Å². The largest absolute Gasteiger partial charge is 0.314 e. The lowest BCUT2D eigenvalue weighted by Crippen LogP contribution is -2.25. The number of nitrogens with one attached hydrogen (secondary N) is 2. The van der Waals surface area contributed by atoms with Gasteiger partial charge in [0.1, 0.15) is 5.82 Å². The van der Waals surface area contributed by atoms with Gasteiger partial charge in [-0.1, -0.05) is 13.8 Å². The van der Waals surface area contributed by atoms with Crippen LogP contribution in [0, 0.1) is 6.92 Å². The number of hydrogen-bond donors (Lipinski definition) is 2. The van der Waals surface area contributed by atoms with E-state index in [0.29, 0.717) is 6.04 Å². The summed E-state index contributed by atoms with van der Waals surface area (Å²) in [5.74, 6) is 1.77. The van der Waals surface area contributed by atoms with Crippen molar-refractivity contribution in [2.45, 2.75) is 33.2 Å². The first-order chi connectivity index (χ1) is 5.68. The molecule has 0 fully saturated rings. The van der Waals surface area contributed by atoms with E-state index >= 15 is 0 Å². The van der Waals surface area contributed by atoms with Crippen molar-refractivity contribution in [2.24, 2.45) is 0 Å². The minimum absolute atomic E-state index is 0.532. The van der Waals surface area contributed by atoms with E-state index in [0.717, 1.165) is 24.6 Å². The van der Waals surface area contributed by atoms with E-state index in [4.69, 9.17) is 0 Å². The molecule has 0 aliphatic heterocycles. The third kappa shape index (κ3) is 3.00. The molecule has 0 saturated carbocycles. The normalized spacial score (nSPS) is 11.0. The van der Waals surface area contributed by atoms with Crippen LogP contribution in [0.3, 0.4) is 0 Å². The van der Waals surface area contributed by atoms with Crippen molar-refractivity contribution in [3.63, 3.8) is 0 Å². The summed E-state index contributed by atoms with van der Waals surface area (Å²) in [6.45, 7) is 7.10. The van der Waals surface area contributed by atoms with E-state index in [9.17, 15) is 0 Å². The van der Waals surface area contributed by atoms with E-state index in [1.54, 1.807) is 0 Å². The van der Waals surface area contributed by atoms with Gasteiger partial charge in [-0.15, -0.1) is 0 Å². The predicted octanol–water partition coefficient (Wildman–Crippen LogP) is 0.654. The highest BCUT2D eigenvalue weighted by molar-refractivity contribution is 4.88. The van der Waals surface area contributed by atoms with Crippen molar-refractivity contribution in [3.05, 3.63) is 11.6 Å². The number of aromatic amines is 1. The van der Waals surface area contributed by atoms with Crippen LogP contribution in [0.5, 0.6) is 0 Å². The molecule has 4 nitrogen and oxygen atoms in total. The second-order valence-corrected chi connectivity index (χ2v) is 3.20. The van der Waals surface area contributed by atoms with E-state index in [1.165, 1.54) is 0 Å². The molecule has 0 amide bonds. The Kier molecular flexibility index (Phi) is 3.22. The molecule has 0 aromatic carbocycles. The Balaban J connectivity index is 2.24. The van der Waals surface area contributed by atoms with Crippen LogP contribution in [-0.4, -0.2) is 27.8 Å². The van der Waals surface area contributed by atoms with Crippen molar-refractivity contribution in [3.8, 4) is 0 Å². The molecule has 0 spiro atoms. The van der Waals surface area contributed by atoms with Gasteiger partial charge in [-0.05, 0) is 6.92 Å². The Bertz CT molecular complexity index is 229. The Hall–Kier alpha value is -0.900. The molecule has 1 aromatic heterocycles. The van der Waals surface area contributed by atoms with Crippen molar-refractivity contribution in [1.82, 2.24) is 20.5 Å².